The van der Waals surface area contributed by atoms with Gasteiger partial charge in [-0.25, -0.2) is 0 Å². The van der Waals surface area contributed by atoms with Crippen molar-refractivity contribution in [3.8, 4) is 5.75 Å². The van der Waals surface area contributed by atoms with E-state index in [-0.39, 0.29) is 19.0 Å². The van der Waals surface area contributed by atoms with Crippen LogP contribution in [-0.2, 0) is 9.53 Å². The van der Waals surface area contributed by atoms with Crippen LogP contribution in [0, 0.1) is 6.92 Å². The van der Waals surface area contributed by atoms with Gasteiger partial charge in [-0.05, 0) is 24.6 Å². The molecule has 0 aliphatic carbocycles. The van der Waals surface area contributed by atoms with Crippen LogP contribution in [0.2, 0.25) is 5.02 Å². The van der Waals surface area contributed by atoms with Gasteiger partial charge in [0.2, 0.25) is 0 Å². The maximum Gasteiger partial charge on any atom is 0.307 e. The Morgan fingerprint density at radius 3 is 2.88 bits per heavy atom. The van der Waals surface area contributed by atoms with E-state index in [2.05, 4.69) is 4.74 Å². The summed E-state index contributed by atoms with van der Waals surface area (Å²) in [6, 6.07) is 5.08. The number of hydrogen-bond donors (Lipinski definition) is 1. The molecule has 0 aliphatic heterocycles. The van der Waals surface area contributed by atoms with Crippen molar-refractivity contribution < 1.29 is 14.3 Å². The van der Waals surface area contributed by atoms with E-state index in [0.717, 1.165) is 5.56 Å². The Morgan fingerprint density at radius 1 is 1.53 bits per heavy atom. The molecule has 1 aromatic carbocycles. The second-order valence-corrected chi connectivity index (χ2v) is 4.19. The third kappa shape index (κ3) is 4.63. The fourth-order valence-electron chi connectivity index (χ4n) is 1.27. The molecule has 0 aliphatic rings. The molecule has 0 radical (unpaired) electrons. The number of benzene rings is 1. The molecule has 17 heavy (non-hydrogen) atoms. The van der Waals surface area contributed by atoms with Gasteiger partial charge in [0.1, 0.15) is 12.4 Å². The molecule has 1 aromatic rings. The summed E-state index contributed by atoms with van der Waals surface area (Å²) in [5.74, 6) is 0.225. The lowest BCUT2D eigenvalue weighted by molar-refractivity contribution is -0.141. The van der Waals surface area contributed by atoms with Gasteiger partial charge in [-0.2, -0.15) is 0 Å². The number of nitrogens with two attached hydrogens (primary N) is 1. The summed E-state index contributed by atoms with van der Waals surface area (Å²) in [6.07, 6.45) is 0.125. The van der Waals surface area contributed by atoms with Crippen LogP contribution in [0.4, 0.5) is 0 Å². The van der Waals surface area contributed by atoms with Crippen LogP contribution >= 0.6 is 11.6 Å². The summed E-state index contributed by atoms with van der Waals surface area (Å²) in [5, 5.41) is 0.529. The quantitative estimate of drug-likeness (QED) is 0.819. The first-order valence-corrected chi connectivity index (χ1v) is 5.62. The molecule has 1 unspecified atom stereocenters. The van der Waals surface area contributed by atoms with Crippen LogP contribution in [0.15, 0.2) is 18.2 Å². The van der Waals surface area contributed by atoms with Crippen molar-refractivity contribution >= 4 is 17.6 Å². The van der Waals surface area contributed by atoms with Gasteiger partial charge in [0.05, 0.1) is 18.6 Å². The molecule has 0 spiro atoms. The van der Waals surface area contributed by atoms with E-state index in [1.54, 1.807) is 6.07 Å². The normalized spacial score (nSPS) is 12.0. The van der Waals surface area contributed by atoms with Gasteiger partial charge in [-0.1, -0.05) is 17.7 Å². The Kier molecular flexibility index (Phi) is 5.25. The second-order valence-electron chi connectivity index (χ2n) is 3.79. The monoisotopic (exact) mass is 257 g/mol. The van der Waals surface area contributed by atoms with E-state index in [1.807, 2.05) is 19.1 Å². The van der Waals surface area contributed by atoms with E-state index in [4.69, 9.17) is 22.1 Å². The highest BCUT2D eigenvalue weighted by Crippen LogP contribution is 2.25. The van der Waals surface area contributed by atoms with E-state index < -0.39 is 6.04 Å². The van der Waals surface area contributed by atoms with Crippen LogP contribution in [0.1, 0.15) is 12.0 Å². The van der Waals surface area contributed by atoms with Gasteiger partial charge >= 0.3 is 5.97 Å². The molecule has 0 bridgehead atoms. The lowest BCUT2D eigenvalue weighted by Gasteiger charge is -2.13. The molecule has 0 fully saturated rings. The van der Waals surface area contributed by atoms with E-state index >= 15 is 0 Å². The van der Waals surface area contributed by atoms with Crippen LogP contribution in [0.5, 0.6) is 5.75 Å². The number of esters is 1. The van der Waals surface area contributed by atoms with Crippen molar-refractivity contribution in [3.63, 3.8) is 0 Å². The maximum absolute atomic E-state index is 11.0. The highest BCUT2D eigenvalue weighted by molar-refractivity contribution is 6.32. The Bertz CT molecular complexity index is 395. The minimum Gasteiger partial charge on any atom is -0.490 e. The standard InChI is InChI=1S/C12H16ClNO3/c1-8-3-4-10(13)11(5-8)17-7-9(14)6-12(15)16-2/h3-5,9H,6-7,14H2,1-2H3. The van der Waals surface area contributed by atoms with Gasteiger partial charge in [-0.15, -0.1) is 0 Å². The molecular weight excluding hydrogens is 242 g/mol. The van der Waals surface area contributed by atoms with Gasteiger partial charge in [0.25, 0.3) is 0 Å². The number of carbonyl (C=O) groups excluding carboxylic acids is 1. The zero-order chi connectivity index (χ0) is 12.8. The molecule has 1 rings (SSSR count). The fourth-order valence-corrected chi connectivity index (χ4v) is 1.45. The third-order valence-electron chi connectivity index (χ3n) is 2.20. The van der Waals surface area contributed by atoms with Crippen molar-refractivity contribution in [2.75, 3.05) is 13.7 Å². The summed E-state index contributed by atoms with van der Waals surface area (Å²) < 4.78 is 9.98. The Balaban J connectivity index is 2.49. The first-order chi connectivity index (χ1) is 8.02. The Labute approximate surface area is 106 Å². The Hall–Kier alpha value is -1.26. The van der Waals surface area contributed by atoms with Crippen molar-refractivity contribution in [1.29, 1.82) is 0 Å². The van der Waals surface area contributed by atoms with Crippen molar-refractivity contribution in [1.82, 2.24) is 0 Å². The van der Waals surface area contributed by atoms with E-state index in [1.165, 1.54) is 7.11 Å². The topological polar surface area (TPSA) is 61.5 Å². The molecule has 94 valence electrons. The summed E-state index contributed by atoms with van der Waals surface area (Å²) in [4.78, 5) is 11.0. The van der Waals surface area contributed by atoms with Gasteiger partial charge < -0.3 is 15.2 Å². The fraction of sp³-hybridized carbons (Fsp3) is 0.417. The summed E-state index contributed by atoms with van der Waals surface area (Å²) >= 11 is 5.96. The highest BCUT2D eigenvalue weighted by Gasteiger charge is 2.11. The lowest BCUT2D eigenvalue weighted by atomic mass is 10.2. The molecule has 0 heterocycles. The number of aryl methyl sites for hydroxylation is 1. The SMILES string of the molecule is COC(=O)CC(N)COc1cc(C)ccc1Cl. The van der Waals surface area contributed by atoms with Crippen LogP contribution < -0.4 is 10.5 Å². The van der Waals surface area contributed by atoms with E-state index in [0.29, 0.717) is 10.8 Å². The first kappa shape index (κ1) is 13.8. The van der Waals surface area contributed by atoms with Gasteiger partial charge in [0.15, 0.2) is 0 Å². The average molecular weight is 258 g/mol. The van der Waals surface area contributed by atoms with Gasteiger partial charge in [0, 0.05) is 6.04 Å². The number of halogens is 1. The molecule has 0 saturated heterocycles. The number of methoxy groups -OCH3 is 1. The molecule has 2 N–H and O–H groups in total. The zero-order valence-corrected chi connectivity index (χ0v) is 10.7. The molecule has 5 heteroatoms. The maximum atomic E-state index is 11.0. The smallest absolute Gasteiger partial charge is 0.307 e. The predicted octanol–water partition coefficient (Wildman–Crippen LogP) is 1.92. The molecule has 0 amide bonds. The number of carbonyl (C=O) groups is 1. The third-order valence-corrected chi connectivity index (χ3v) is 2.51. The highest BCUT2D eigenvalue weighted by atomic mass is 35.5. The summed E-state index contributed by atoms with van der Waals surface area (Å²) in [6.45, 7) is 2.16. The van der Waals surface area contributed by atoms with Gasteiger partial charge in [-0.3, -0.25) is 4.79 Å². The van der Waals surface area contributed by atoms with Crippen LogP contribution in [0.25, 0.3) is 0 Å². The van der Waals surface area contributed by atoms with Crippen molar-refractivity contribution in [3.05, 3.63) is 28.8 Å². The largest absolute Gasteiger partial charge is 0.490 e. The molecule has 0 saturated carbocycles. The second kappa shape index (κ2) is 6.47. The minimum absolute atomic E-state index is 0.125. The van der Waals surface area contributed by atoms with E-state index in [9.17, 15) is 4.79 Å². The molecular formula is C12H16ClNO3. The molecule has 4 nitrogen and oxygen atoms in total. The number of rotatable bonds is 5. The number of ether oxygens (including phenoxy) is 2. The van der Waals surface area contributed by atoms with Crippen LogP contribution in [-0.4, -0.2) is 25.7 Å². The Morgan fingerprint density at radius 2 is 2.24 bits per heavy atom. The predicted molar refractivity (Wildman–Crippen MR) is 66.3 cm³/mol. The summed E-state index contributed by atoms with van der Waals surface area (Å²) in [5.41, 5.74) is 6.76. The van der Waals surface area contributed by atoms with Crippen molar-refractivity contribution in [2.24, 2.45) is 5.73 Å². The average Bonchev–Trinajstić information content (AvgIpc) is 2.30. The molecule has 1 atom stereocenters. The lowest BCUT2D eigenvalue weighted by Crippen LogP contribution is -2.31. The number of hydrogen-bond acceptors (Lipinski definition) is 4. The minimum atomic E-state index is -0.404. The summed E-state index contributed by atoms with van der Waals surface area (Å²) in [7, 11) is 1.33. The zero-order valence-electron chi connectivity index (χ0n) is 9.90. The first-order valence-electron chi connectivity index (χ1n) is 5.24. The molecule has 0 aromatic heterocycles. The van der Waals surface area contributed by atoms with Crippen LogP contribution in [0.3, 0.4) is 0 Å². The van der Waals surface area contributed by atoms with Crippen molar-refractivity contribution in [2.45, 2.75) is 19.4 Å².